The minimum atomic E-state index is -1.77. The average Bonchev–Trinajstić information content (AvgIpc) is 1.61. The van der Waals surface area contributed by atoms with Gasteiger partial charge < -0.3 is 4.55 Å². The lowest BCUT2D eigenvalue weighted by molar-refractivity contribution is 0.573. The molecule has 8 heavy (non-hydrogen) atoms. The minimum absolute atomic E-state index is 0.353. The Balaban J connectivity index is 3.50. The summed E-state index contributed by atoms with van der Waals surface area (Å²) < 4.78 is 18.1. The largest absolute Gasteiger partial charge is 0.303 e. The quantitative estimate of drug-likeness (QED) is 0.579. The van der Waals surface area contributed by atoms with Crippen LogP contribution in [-0.2, 0) is 11.1 Å². The zero-order valence-corrected chi connectivity index (χ0v) is 5.81. The molecule has 48 valence electrons. The van der Waals surface area contributed by atoms with Gasteiger partial charge in [-0.1, -0.05) is 19.9 Å². The molecule has 3 heteroatoms. The molecule has 0 aliphatic rings. The molecule has 0 saturated heterocycles. The molecule has 0 aliphatic heterocycles. The van der Waals surface area contributed by atoms with Crippen LogP contribution in [0, 0.1) is 5.92 Å². The normalized spacial score (nSPS) is 15.5. The highest BCUT2D eigenvalue weighted by Crippen LogP contribution is 1.93. The molecule has 1 atom stereocenters. The second-order valence-electron chi connectivity index (χ2n) is 1.85. The van der Waals surface area contributed by atoms with Crippen LogP contribution in [0.15, 0.2) is 11.5 Å². The Hall–Kier alpha value is -0.150. The lowest BCUT2D eigenvalue weighted by atomic mass is 10.2. The molecule has 0 aliphatic carbocycles. The molecule has 0 heterocycles. The van der Waals surface area contributed by atoms with E-state index in [-0.39, 0.29) is 0 Å². The van der Waals surface area contributed by atoms with E-state index in [1.165, 1.54) is 5.41 Å². The highest BCUT2D eigenvalue weighted by molar-refractivity contribution is 7.82. The number of rotatable bonds is 2. The van der Waals surface area contributed by atoms with E-state index >= 15 is 0 Å². The van der Waals surface area contributed by atoms with E-state index in [1.54, 1.807) is 6.08 Å². The first-order valence-corrected chi connectivity index (χ1v) is 3.58. The highest BCUT2D eigenvalue weighted by Gasteiger charge is 1.84. The SMILES string of the molecule is CC(C)C=CS(=O)O. The minimum Gasteiger partial charge on any atom is -0.303 e. The molecule has 1 N–H and O–H groups in total. The first kappa shape index (κ1) is 7.85. The predicted octanol–water partition coefficient (Wildman–Crippen LogP) is 1.38. The van der Waals surface area contributed by atoms with E-state index in [0.29, 0.717) is 5.92 Å². The first-order valence-electron chi connectivity index (χ1n) is 2.41. The molecule has 0 amide bonds. The lowest BCUT2D eigenvalue weighted by Gasteiger charge is -1.88. The van der Waals surface area contributed by atoms with Gasteiger partial charge in [0.2, 0.25) is 0 Å². The summed E-state index contributed by atoms with van der Waals surface area (Å²) in [5.41, 5.74) is 0. The Morgan fingerprint density at radius 2 is 2.12 bits per heavy atom. The van der Waals surface area contributed by atoms with Crippen molar-refractivity contribution in [2.45, 2.75) is 13.8 Å². The average molecular weight is 134 g/mol. The van der Waals surface area contributed by atoms with Crippen molar-refractivity contribution >= 4 is 11.1 Å². The molecule has 0 aromatic carbocycles. The summed E-state index contributed by atoms with van der Waals surface area (Å²) in [6.45, 7) is 3.90. The van der Waals surface area contributed by atoms with Crippen molar-refractivity contribution in [3.05, 3.63) is 11.5 Å². The summed E-state index contributed by atoms with van der Waals surface area (Å²) in [6.07, 6.45) is 1.69. The Morgan fingerprint density at radius 3 is 2.25 bits per heavy atom. The van der Waals surface area contributed by atoms with Gasteiger partial charge in [0.1, 0.15) is 0 Å². The third-order valence-corrected chi connectivity index (χ3v) is 0.970. The maximum Gasteiger partial charge on any atom is 0.178 e. The zero-order chi connectivity index (χ0) is 6.57. The third-order valence-electron chi connectivity index (χ3n) is 0.580. The van der Waals surface area contributed by atoms with Crippen LogP contribution < -0.4 is 0 Å². The fourth-order valence-corrected chi connectivity index (χ4v) is 0.673. The number of hydrogen-bond acceptors (Lipinski definition) is 1. The van der Waals surface area contributed by atoms with E-state index in [2.05, 4.69) is 0 Å². The van der Waals surface area contributed by atoms with Crippen molar-refractivity contribution < 1.29 is 8.76 Å². The molecule has 0 spiro atoms. The van der Waals surface area contributed by atoms with Gasteiger partial charge in [-0.15, -0.1) is 0 Å². The van der Waals surface area contributed by atoms with Gasteiger partial charge in [0.25, 0.3) is 0 Å². The summed E-state index contributed by atoms with van der Waals surface area (Å²) in [6, 6.07) is 0. The van der Waals surface area contributed by atoms with Crippen LogP contribution in [0.1, 0.15) is 13.8 Å². The van der Waals surface area contributed by atoms with Gasteiger partial charge in [-0.25, -0.2) is 4.21 Å². The summed E-state index contributed by atoms with van der Waals surface area (Å²) >= 11 is -1.77. The van der Waals surface area contributed by atoms with Crippen LogP contribution in [0.5, 0.6) is 0 Å². The monoisotopic (exact) mass is 134 g/mol. The molecular weight excluding hydrogens is 124 g/mol. The second-order valence-corrected chi connectivity index (χ2v) is 2.67. The fraction of sp³-hybridized carbons (Fsp3) is 0.600. The Kier molecular flexibility index (Phi) is 3.73. The fourth-order valence-electron chi connectivity index (χ4n) is 0.224. The van der Waals surface area contributed by atoms with Crippen LogP contribution >= 0.6 is 0 Å². The van der Waals surface area contributed by atoms with Crippen molar-refractivity contribution in [3.63, 3.8) is 0 Å². The van der Waals surface area contributed by atoms with Crippen molar-refractivity contribution in [2.24, 2.45) is 5.92 Å². The van der Waals surface area contributed by atoms with Crippen molar-refractivity contribution in [1.29, 1.82) is 0 Å². The summed E-state index contributed by atoms with van der Waals surface area (Å²) in [4.78, 5) is 0. The van der Waals surface area contributed by atoms with Crippen LogP contribution in [0.3, 0.4) is 0 Å². The maximum atomic E-state index is 9.93. The Morgan fingerprint density at radius 1 is 1.62 bits per heavy atom. The molecule has 0 fully saturated rings. The smallest absolute Gasteiger partial charge is 0.178 e. The van der Waals surface area contributed by atoms with Gasteiger partial charge in [0.05, 0.1) is 0 Å². The molecule has 0 saturated carbocycles. The standard InChI is InChI=1S/C5H10O2S/c1-5(2)3-4-8(6)7/h3-5H,1-2H3,(H,6,7). The van der Waals surface area contributed by atoms with Crippen LogP contribution in [-0.4, -0.2) is 8.76 Å². The number of allylic oxidation sites excluding steroid dienone is 1. The first-order chi connectivity index (χ1) is 3.63. The highest BCUT2D eigenvalue weighted by atomic mass is 32.2. The molecule has 1 unspecified atom stereocenters. The molecule has 0 aromatic heterocycles. The van der Waals surface area contributed by atoms with Gasteiger partial charge in [0, 0.05) is 5.41 Å². The number of hydrogen-bond donors (Lipinski definition) is 1. The van der Waals surface area contributed by atoms with Crippen LogP contribution in [0.2, 0.25) is 0 Å². The van der Waals surface area contributed by atoms with Gasteiger partial charge in [0.15, 0.2) is 11.1 Å². The van der Waals surface area contributed by atoms with Crippen LogP contribution in [0.25, 0.3) is 0 Å². The predicted molar refractivity (Wildman–Crippen MR) is 34.7 cm³/mol. The third kappa shape index (κ3) is 5.85. The maximum absolute atomic E-state index is 9.93. The lowest BCUT2D eigenvalue weighted by Crippen LogP contribution is -1.81. The van der Waals surface area contributed by atoms with Crippen molar-refractivity contribution in [3.8, 4) is 0 Å². The van der Waals surface area contributed by atoms with Gasteiger partial charge in [-0.2, -0.15) is 0 Å². The topological polar surface area (TPSA) is 37.3 Å². The van der Waals surface area contributed by atoms with Gasteiger partial charge >= 0.3 is 0 Å². The molecule has 2 nitrogen and oxygen atoms in total. The van der Waals surface area contributed by atoms with Gasteiger partial charge in [-0.3, -0.25) is 0 Å². The van der Waals surface area contributed by atoms with E-state index in [1.807, 2.05) is 13.8 Å². The Bertz CT molecular complexity index is 107. The Labute approximate surface area is 51.9 Å². The molecule has 0 bridgehead atoms. The van der Waals surface area contributed by atoms with Gasteiger partial charge in [-0.05, 0) is 5.92 Å². The molecular formula is C5H10O2S. The summed E-state index contributed by atoms with van der Waals surface area (Å²) in [5.74, 6) is 0.353. The van der Waals surface area contributed by atoms with Crippen molar-refractivity contribution in [1.82, 2.24) is 0 Å². The van der Waals surface area contributed by atoms with Crippen LogP contribution in [0.4, 0.5) is 0 Å². The van der Waals surface area contributed by atoms with E-state index in [4.69, 9.17) is 4.55 Å². The summed E-state index contributed by atoms with van der Waals surface area (Å²) in [7, 11) is 0. The summed E-state index contributed by atoms with van der Waals surface area (Å²) in [5, 5.41) is 1.27. The molecule has 0 rings (SSSR count). The van der Waals surface area contributed by atoms with E-state index in [9.17, 15) is 4.21 Å². The molecule has 0 aromatic rings. The second kappa shape index (κ2) is 3.80. The zero-order valence-electron chi connectivity index (χ0n) is 5.00. The molecule has 0 radical (unpaired) electrons. The van der Waals surface area contributed by atoms with E-state index < -0.39 is 11.1 Å². The van der Waals surface area contributed by atoms with E-state index in [0.717, 1.165) is 0 Å². The van der Waals surface area contributed by atoms with Crippen molar-refractivity contribution in [2.75, 3.05) is 0 Å².